The number of hydrogen-bond acceptors (Lipinski definition) is 20. The Balaban J connectivity index is 1.52. The Morgan fingerprint density at radius 1 is 0.655 bits per heavy atom. The molecule has 4 aliphatic rings. The first-order valence-corrected chi connectivity index (χ1v) is 30.0. The van der Waals surface area contributed by atoms with E-state index in [1.807, 2.05) is 10.6 Å². The van der Waals surface area contributed by atoms with Crippen LogP contribution < -0.4 is 37.5 Å². The number of H-pyrrole nitrogens is 1. The van der Waals surface area contributed by atoms with Crippen LogP contribution in [0.4, 0.5) is 5.95 Å². The van der Waals surface area contributed by atoms with Crippen LogP contribution in [0.15, 0.2) is 10.9 Å². The minimum atomic E-state index is -2.78. The van der Waals surface area contributed by atoms with Gasteiger partial charge in [0.1, 0.15) is 48.4 Å². The molecule has 31 heteroatoms. The molecule has 0 bridgehead atoms. The molecule has 0 radical (unpaired) electrons. The predicted octanol–water partition coefficient (Wildman–Crippen LogP) is -3.36. The SMILES string of the molecule is CCc1cc(=O)[nH]c(NCCC[C@@H]2NC(=O)C3CCCN3C(=O)[C@H]3CCCN3C(=O)[C@@H]([C@@H](C)O)NC(=O)CC(CCCCCCCCCC(C)C)OC(=O)[C@H]([C@H](O)C(=O)O)NC(=O)[C@@H]3[C@@H](O)CCN3C(=O)[C@@H](CO)NC(=O)[C@@H]([C@@H](O)C(=O)O)NC2=O)n1. The van der Waals surface area contributed by atoms with Crippen LogP contribution in [-0.4, -0.2) is 237 Å². The summed E-state index contributed by atoms with van der Waals surface area (Å²) in [5.41, 5.74) is -0.0170. The summed E-state index contributed by atoms with van der Waals surface area (Å²) in [5.74, 6) is -14.2. The number of nitrogens with zero attached hydrogens (tertiary/aromatic N) is 4. The molecule has 4 saturated heterocycles. The number of unbranched alkanes of at least 4 members (excludes halogenated alkanes) is 6. The number of nitrogens with one attached hydrogen (secondary N) is 7. The number of fused-ring (bicyclic) bond motifs is 3. The largest absolute Gasteiger partial charge is 0.479 e. The summed E-state index contributed by atoms with van der Waals surface area (Å²) in [6.45, 7) is 5.41. The second-order valence-electron chi connectivity index (χ2n) is 23.1. The zero-order valence-electron chi connectivity index (χ0n) is 49.7. The summed E-state index contributed by atoms with van der Waals surface area (Å²) in [6.07, 6.45) is -4.06. The van der Waals surface area contributed by atoms with Gasteiger partial charge in [-0.2, -0.15) is 0 Å². The molecule has 4 aliphatic heterocycles. The van der Waals surface area contributed by atoms with E-state index in [0.29, 0.717) is 35.8 Å². The molecule has 1 aromatic rings. The van der Waals surface area contributed by atoms with Gasteiger partial charge in [-0.05, 0) is 77.0 Å². The number of aliphatic carboxylic acids is 2. The highest BCUT2D eigenvalue weighted by Crippen LogP contribution is 2.27. The number of aryl methyl sites for hydroxylation is 1. The lowest BCUT2D eigenvalue weighted by Gasteiger charge is -2.34. The van der Waals surface area contributed by atoms with Crippen molar-refractivity contribution < 1.29 is 93.2 Å². The van der Waals surface area contributed by atoms with E-state index in [9.17, 15) is 93.3 Å². The van der Waals surface area contributed by atoms with Gasteiger partial charge in [-0.3, -0.25) is 48.1 Å². The van der Waals surface area contributed by atoms with Gasteiger partial charge in [0, 0.05) is 37.9 Å². The molecule has 0 aromatic carbocycles. The van der Waals surface area contributed by atoms with Crippen molar-refractivity contribution in [1.29, 1.82) is 0 Å². The standard InChI is InChI=1S/C56H87N11O20/c1-5-31-26-38(71)62-56(58-31)57-22-13-18-33-46(75)63-41(44(73)53(82)83)48(77)60-34(28-68)50(79)67-25-21-37(70)43(67)49(78)64-42(45(74)54(84)85)55(86)87-32(17-12-10-8-6-7-9-11-16-29(2)3)27-39(72)61-40(30(4)69)52(81)66-24-15-20-36(66)51(80)65-23-14-19-35(65)47(76)59-33/h26,29-30,32-37,40-45,68-70,73-74H,5-25,27-28H2,1-4H3,(H,59,76)(H,60,77)(H,61,72)(H,63,75)(H,64,78)(H,82,83)(H,84,85)(H2,57,58,62,71)/t30-,32?,33+,34-,35?,36-,37+,40-,41-,42+,43+,44-,45+/m1/s1. The molecule has 0 spiro atoms. The van der Waals surface area contributed by atoms with E-state index in [1.54, 1.807) is 6.92 Å². The summed E-state index contributed by atoms with van der Waals surface area (Å²) >= 11 is 0. The predicted molar refractivity (Wildman–Crippen MR) is 304 cm³/mol. The Labute approximate surface area is 502 Å². The van der Waals surface area contributed by atoms with E-state index in [1.165, 1.54) is 17.9 Å². The fraction of sp³-hybridized carbons (Fsp3) is 0.732. The fourth-order valence-electron chi connectivity index (χ4n) is 11.2. The van der Waals surface area contributed by atoms with Crippen molar-refractivity contribution in [3.63, 3.8) is 0 Å². The van der Waals surface area contributed by atoms with Crippen molar-refractivity contribution in [1.82, 2.24) is 51.3 Å². The summed E-state index contributed by atoms with van der Waals surface area (Å²) in [4.78, 5) is 175. The van der Waals surface area contributed by atoms with Gasteiger partial charge >= 0.3 is 17.9 Å². The van der Waals surface area contributed by atoms with Crippen LogP contribution in [0, 0.1) is 5.92 Å². The van der Waals surface area contributed by atoms with Crippen LogP contribution in [-0.2, 0) is 63.9 Å². The first-order chi connectivity index (χ1) is 41.3. The Hall–Kier alpha value is -7.35. The van der Waals surface area contributed by atoms with Crippen molar-refractivity contribution >= 4 is 71.1 Å². The number of carboxylic acids is 2. The topological polar surface area (TPSA) is 466 Å². The zero-order chi connectivity index (χ0) is 64.2. The van der Waals surface area contributed by atoms with Gasteiger partial charge in [-0.25, -0.2) is 19.4 Å². The van der Waals surface area contributed by atoms with Crippen molar-refractivity contribution in [2.45, 2.75) is 222 Å². The molecular formula is C56H87N11O20. The molecule has 87 heavy (non-hydrogen) atoms. The molecular weight excluding hydrogens is 1150 g/mol. The lowest BCUT2D eigenvalue weighted by Crippen LogP contribution is -2.64. The molecule has 13 atom stereocenters. The number of esters is 1. The van der Waals surface area contributed by atoms with E-state index in [4.69, 9.17) is 4.74 Å². The quantitative estimate of drug-likeness (QED) is 0.0398. The van der Waals surface area contributed by atoms with Gasteiger partial charge in [-0.1, -0.05) is 65.7 Å². The number of aromatic amines is 1. The smallest absolute Gasteiger partial charge is 0.335 e. The van der Waals surface area contributed by atoms with Crippen molar-refractivity contribution in [3.8, 4) is 0 Å². The highest BCUT2D eigenvalue weighted by molar-refractivity contribution is 6.00. The Bertz CT molecular complexity index is 2660. The lowest BCUT2D eigenvalue weighted by atomic mass is 10.0. The average molecular weight is 1230 g/mol. The number of carbonyl (C=O) groups is 11. The summed E-state index contributed by atoms with van der Waals surface area (Å²) < 4.78 is 5.68. The molecule has 1 aromatic heterocycles. The number of amides is 8. The molecule has 0 saturated carbocycles. The molecule has 14 N–H and O–H groups in total. The van der Waals surface area contributed by atoms with E-state index < -0.39 is 169 Å². The molecule has 31 nitrogen and oxygen atoms in total. The Morgan fingerprint density at radius 2 is 1.25 bits per heavy atom. The molecule has 5 heterocycles. The summed E-state index contributed by atoms with van der Waals surface area (Å²) in [7, 11) is 0. The number of hydrogen-bond donors (Lipinski definition) is 14. The molecule has 5 rings (SSSR count). The molecule has 8 amide bonds. The third kappa shape index (κ3) is 19.8. The number of rotatable bonds is 22. The Morgan fingerprint density at radius 3 is 1.87 bits per heavy atom. The minimum absolute atomic E-state index is 0.00378. The van der Waals surface area contributed by atoms with E-state index >= 15 is 0 Å². The van der Waals surface area contributed by atoms with Gasteiger partial charge in [0.25, 0.3) is 5.56 Å². The number of cyclic esters (lactones) is 1. The number of aliphatic hydroxyl groups excluding tert-OH is 5. The monoisotopic (exact) mass is 1230 g/mol. The van der Waals surface area contributed by atoms with Gasteiger partial charge in [-0.15, -0.1) is 0 Å². The molecule has 0 aliphatic carbocycles. The third-order valence-corrected chi connectivity index (χ3v) is 16.0. The maximum atomic E-state index is 14.6. The van der Waals surface area contributed by atoms with Gasteiger partial charge in [0.15, 0.2) is 18.2 Å². The molecule has 486 valence electrons. The van der Waals surface area contributed by atoms with Crippen LogP contribution in [0.5, 0.6) is 0 Å². The second kappa shape index (κ2) is 33.7. The van der Waals surface area contributed by atoms with Crippen LogP contribution in [0.25, 0.3) is 0 Å². The van der Waals surface area contributed by atoms with Crippen LogP contribution >= 0.6 is 0 Å². The van der Waals surface area contributed by atoms with Crippen molar-refractivity contribution in [3.05, 3.63) is 22.1 Å². The number of aromatic nitrogens is 2. The summed E-state index contributed by atoms with van der Waals surface area (Å²) in [5, 5.41) is 88.4. The highest BCUT2D eigenvalue weighted by Gasteiger charge is 2.49. The normalized spacial score (nSPS) is 27.1. The van der Waals surface area contributed by atoms with E-state index in [-0.39, 0.29) is 76.9 Å². The number of carbonyl (C=O) groups excluding carboxylic acids is 9. The van der Waals surface area contributed by atoms with Crippen molar-refractivity contribution in [2.75, 3.05) is 38.1 Å². The van der Waals surface area contributed by atoms with E-state index in [2.05, 4.69) is 45.1 Å². The van der Waals surface area contributed by atoms with Crippen LogP contribution in [0.1, 0.15) is 143 Å². The number of anilines is 1. The van der Waals surface area contributed by atoms with Crippen molar-refractivity contribution in [2.24, 2.45) is 5.92 Å². The maximum absolute atomic E-state index is 14.6. The van der Waals surface area contributed by atoms with Crippen LogP contribution in [0.3, 0.4) is 0 Å². The number of carboxylic acid groups (broad SMARTS) is 2. The average Bonchev–Trinajstić information content (AvgIpc) is 2.51. The highest BCUT2D eigenvalue weighted by atomic mass is 16.5. The Kier molecular flexibility index (Phi) is 27.3. The lowest BCUT2D eigenvalue weighted by molar-refractivity contribution is -0.165. The zero-order valence-corrected chi connectivity index (χ0v) is 49.7. The molecule has 4 fully saturated rings. The van der Waals surface area contributed by atoms with Crippen LogP contribution in [0.2, 0.25) is 0 Å². The van der Waals surface area contributed by atoms with Gasteiger partial charge in [0.2, 0.25) is 53.2 Å². The number of ether oxygens (including phenoxy) is 1. The maximum Gasteiger partial charge on any atom is 0.335 e. The summed E-state index contributed by atoms with van der Waals surface area (Å²) in [6, 6.07) is -13.8. The molecule has 2 unspecified atom stereocenters. The fourth-order valence-corrected chi connectivity index (χ4v) is 11.2. The number of aliphatic hydroxyl groups is 5. The van der Waals surface area contributed by atoms with E-state index in [0.717, 1.165) is 43.4 Å². The van der Waals surface area contributed by atoms with Gasteiger partial charge < -0.3 is 87.1 Å². The first-order valence-electron chi connectivity index (χ1n) is 30.0. The van der Waals surface area contributed by atoms with Gasteiger partial charge in [0.05, 0.1) is 25.2 Å². The third-order valence-electron chi connectivity index (χ3n) is 16.0. The second-order valence-corrected chi connectivity index (χ2v) is 23.1. The minimum Gasteiger partial charge on any atom is -0.479 e. The first kappa shape index (κ1) is 70.4.